The van der Waals surface area contributed by atoms with E-state index in [1.54, 1.807) is 6.92 Å². The standard InChI is InChI=1S/C27H48O4Si2/c1-19(28)29-18-27-16-13-21(30-32(3,4)5)17-20(27)9-10-22-23-11-12-25(31-33(6,7)8)26(23,2)15-14-24(22)27/h9,21-25H,10-18H2,1-8H3/t21-,22-,23-,24-,25-,26-,27+/m0/s1. The van der Waals surface area contributed by atoms with Crippen LogP contribution in [-0.2, 0) is 18.4 Å². The van der Waals surface area contributed by atoms with Crippen LogP contribution in [0.4, 0.5) is 0 Å². The normalized spacial score (nSPS) is 41.0. The van der Waals surface area contributed by atoms with Gasteiger partial charge in [0.2, 0.25) is 0 Å². The summed E-state index contributed by atoms with van der Waals surface area (Å²) in [4.78, 5) is 11.9. The van der Waals surface area contributed by atoms with Crippen LogP contribution in [0.25, 0.3) is 0 Å². The van der Waals surface area contributed by atoms with Crippen molar-refractivity contribution in [3.8, 4) is 0 Å². The molecule has 0 bridgehead atoms. The number of hydrogen-bond donors (Lipinski definition) is 0. The minimum Gasteiger partial charge on any atom is -0.465 e. The number of fused-ring (bicyclic) bond motifs is 5. The van der Waals surface area contributed by atoms with Gasteiger partial charge in [0.1, 0.15) is 6.61 Å². The average Bonchev–Trinajstić information content (AvgIpc) is 3.00. The van der Waals surface area contributed by atoms with Gasteiger partial charge in [-0.2, -0.15) is 0 Å². The van der Waals surface area contributed by atoms with E-state index in [0.717, 1.165) is 25.2 Å². The molecular weight excluding hydrogens is 444 g/mol. The molecule has 0 amide bonds. The van der Waals surface area contributed by atoms with Crippen LogP contribution >= 0.6 is 0 Å². The Labute approximate surface area is 204 Å². The first-order valence-corrected chi connectivity index (χ1v) is 20.2. The van der Waals surface area contributed by atoms with Crippen molar-refractivity contribution < 1.29 is 18.4 Å². The number of rotatable bonds is 6. The third-order valence-electron chi connectivity index (χ3n) is 9.24. The summed E-state index contributed by atoms with van der Waals surface area (Å²) in [6.07, 6.45) is 12.7. The molecule has 0 unspecified atom stereocenters. The molecule has 6 heteroatoms. The van der Waals surface area contributed by atoms with Crippen molar-refractivity contribution in [2.75, 3.05) is 6.61 Å². The maximum absolute atomic E-state index is 11.9. The summed E-state index contributed by atoms with van der Waals surface area (Å²) in [6.45, 7) is 18.5. The molecule has 0 saturated heterocycles. The molecule has 0 radical (unpaired) electrons. The van der Waals surface area contributed by atoms with Gasteiger partial charge in [-0.3, -0.25) is 4.79 Å². The SMILES string of the molecule is CC(=O)OC[C@]12CC[C@H](O[Si](C)(C)C)CC1=CC[C@@H]1[C@@H]2CC[C@]2(C)[C@@H](O[Si](C)(C)C)CC[C@@H]12. The lowest BCUT2D eigenvalue weighted by atomic mass is 9.47. The Morgan fingerprint density at radius 3 is 2.30 bits per heavy atom. The van der Waals surface area contributed by atoms with E-state index in [0.29, 0.717) is 36.1 Å². The summed E-state index contributed by atoms with van der Waals surface area (Å²) in [5, 5.41) is 0. The fourth-order valence-corrected chi connectivity index (χ4v) is 10.5. The van der Waals surface area contributed by atoms with Crippen LogP contribution in [0.1, 0.15) is 65.2 Å². The van der Waals surface area contributed by atoms with Gasteiger partial charge in [-0.15, -0.1) is 0 Å². The molecule has 4 aliphatic rings. The van der Waals surface area contributed by atoms with Gasteiger partial charge in [0.05, 0.1) is 6.10 Å². The molecule has 33 heavy (non-hydrogen) atoms. The van der Waals surface area contributed by atoms with Crippen LogP contribution in [0.5, 0.6) is 0 Å². The van der Waals surface area contributed by atoms with E-state index in [1.807, 2.05) is 0 Å². The molecule has 0 aromatic carbocycles. The molecule has 3 saturated carbocycles. The minimum absolute atomic E-state index is 0.0208. The predicted octanol–water partition coefficient (Wildman–Crippen LogP) is 6.93. The lowest BCUT2D eigenvalue weighted by Gasteiger charge is -2.59. The molecule has 0 N–H and O–H groups in total. The van der Waals surface area contributed by atoms with Gasteiger partial charge in [-0.1, -0.05) is 18.6 Å². The molecule has 0 aromatic heterocycles. The fourth-order valence-electron chi connectivity index (χ4n) is 8.10. The summed E-state index contributed by atoms with van der Waals surface area (Å²) in [6, 6.07) is 0. The highest BCUT2D eigenvalue weighted by atomic mass is 28.4. The predicted molar refractivity (Wildman–Crippen MR) is 139 cm³/mol. The van der Waals surface area contributed by atoms with E-state index in [2.05, 4.69) is 52.3 Å². The second kappa shape index (κ2) is 8.90. The van der Waals surface area contributed by atoms with Gasteiger partial charge in [0, 0.05) is 18.4 Å². The highest BCUT2D eigenvalue weighted by Gasteiger charge is 2.61. The number of carbonyl (C=O) groups is 1. The number of hydrogen-bond acceptors (Lipinski definition) is 4. The van der Waals surface area contributed by atoms with Crippen molar-refractivity contribution >= 4 is 22.6 Å². The van der Waals surface area contributed by atoms with Gasteiger partial charge in [0.15, 0.2) is 16.6 Å². The summed E-state index contributed by atoms with van der Waals surface area (Å²) in [5.74, 6) is 1.89. The third kappa shape index (κ3) is 5.10. The van der Waals surface area contributed by atoms with Crippen molar-refractivity contribution in [2.45, 2.75) is 117 Å². The van der Waals surface area contributed by atoms with Crippen LogP contribution < -0.4 is 0 Å². The Morgan fingerprint density at radius 1 is 0.970 bits per heavy atom. The number of allylic oxidation sites excluding steroid dienone is 1. The summed E-state index contributed by atoms with van der Waals surface area (Å²) in [5.41, 5.74) is 1.86. The highest BCUT2D eigenvalue weighted by molar-refractivity contribution is 6.70. The maximum atomic E-state index is 11.9. The summed E-state index contributed by atoms with van der Waals surface area (Å²) < 4.78 is 19.1. The molecule has 0 aliphatic heterocycles. The summed E-state index contributed by atoms with van der Waals surface area (Å²) in [7, 11) is -3.14. The molecule has 7 atom stereocenters. The van der Waals surface area contributed by atoms with Crippen molar-refractivity contribution in [2.24, 2.45) is 28.6 Å². The van der Waals surface area contributed by atoms with E-state index in [9.17, 15) is 4.79 Å². The van der Waals surface area contributed by atoms with Crippen LogP contribution in [-0.4, -0.2) is 41.4 Å². The lowest BCUT2D eigenvalue weighted by Crippen LogP contribution is -2.55. The first-order chi connectivity index (χ1) is 15.2. The largest absolute Gasteiger partial charge is 0.465 e. The number of carbonyl (C=O) groups excluding carboxylic acids is 1. The quantitative estimate of drug-likeness (QED) is 0.229. The van der Waals surface area contributed by atoms with E-state index in [4.69, 9.17) is 13.6 Å². The first kappa shape index (κ1) is 25.7. The van der Waals surface area contributed by atoms with Gasteiger partial charge in [-0.05, 0) is 114 Å². The zero-order valence-corrected chi connectivity index (χ0v) is 24.5. The monoisotopic (exact) mass is 492 g/mol. The molecule has 4 rings (SSSR count). The average molecular weight is 493 g/mol. The first-order valence-electron chi connectivity index (χ1n) is 13.4. The lowest BCUT2D eigenvalue weighted by molar-refractivity contribution is -0.150. The molecule has 0 aromatic rings. The van der Waals surface area contributed by atoms with Crippen LogP contribution in [0.3, 0.4) is 0 Å². The molecule has 3 fully saturated rings. The molecule has 0 spiro atoms. The van der Waals surface area contributed by atoms with E-state index >= 15 is 0 Å². The van der Waals surface area contributed by atoms with Crippen molar-refractivity contribution in [3.05, 3.63) is 11.6 Å². The van der Waals surface area contributed by atoms with Crippen LogP contribution in [0.15, 0.2) is 11.6 Å². The maximum Gasteiger partial charge on any atom is 0.302 e. The van der Waals surface area contributed by atoms with Crippen molar-refractivity contribution in [3.63, 3.8) is 0 Å². The third-order valence-corrected chi connectivity index (χ3v) is 11.3. The summed E-state index contributed by atoms with van der Waals surface area (Å²) >= 11 is 0. The topological polar surface area (TPSA) is 44.8 Å². The zero-order chi connectivity index (χ0) is 24.2. The van der Waals surface area contributed by atoms with Gasteiger partial charge in [-0.25, -0.2) is 0 Å². The van der Waals surface area contributed by atoms with Crippen LogP contribution in [0, 0.1) is 28.6 Å². The Balaban J connectivity index is 1.61. The Kier molecular flexibility index (Phi) is 6.92. The van der Waals surface area contributed by atoms with E-state index in [1.165, 1.54) is 37.7 Å². The molecule has 4 aliphatic carbocycles. The smallest absolute Gasteiger partial charge is 0.302 e. The molecule has 0 heterocycles. The van der Waals surface area contributed by atoms with Gasteiger partial charge in [0.25, 0.3) is 0 Å². The highest BCUT2D eigenvalue weighted by Crippen LogP contribution is 2.65. The van der Waals surface area contributed by atoms with Crippen LogP contribution in [0.2, 0.25) is 39.3 Å². The van der Waals surface area contributed by atoms with Gasteiger partial charge >= 0.3 is 5.97 Å². The molecule has 188 valence electrons. The Hall–Kier alpha value is -0.436. The zero-order valence-electron chi connectivity index (χ0n) is 22.5. The van der Waals surface area contributed by atoms with E-state index < -0.39 is 16.6 Å². The Bertz CT molecular complexity index is 782. The molecular formula is C27H48O4Si2. The number of ether oxygens (including phenoxy) is 1. The fraction of sp³-hybridized carbons (Fsp3) is 0.889. The number of esters is 1. The van der Waals surface area contributed by atoms with E-state index in [-0.39, 0.29) is 11.4 Å². The second-order valence-electron chi connectivity index (χ2n) is 13.7. The van der Waals surface area contributed by atoms with Crippen molar-refractivity contribution in [1.82, 2.24) is 0 Å². The molecule has 4 nitrogen and oxygen atoms in total. The van der Waals surface area contributed by atoms with Crippen molar-refractivity contribution in [1.29, 1.82) is 0 Å². The second-order valence-corrected chi connectivity index (χ2v) is 22.6. The Morgan fingerprint density at radius 2 is 1.67 bits per heavy atom. The van der Waals surface area contributed by atoms with Gasteiger partial charge < -0.3 is 13.6 Å². The minimum atomic E-state index is -1.57.